The minimum absolute atomic E-state index is 0.00532. The van der Waals surface area contributed by atoms with Gasteiger partial charge in [-0.05, 0) is 68.2 Å². The molecule has 0 aromatic heterocycles. The molecule has 3 fully saturated rings. The number of rotatable bonds is 4. The fourth-order valence-electron chi connectivity index (χ4n) is 3.77. The van der Waals surface area contributed by atoms with Crippen LogP contribution in [0.2, 0.25) is 0 Å². The molecule has 130 valence electrons. The van der Waals surface area contributed by atoms with Gasteiger partial charge < -0.3 is 20.7 Å². The summed E-state index contributed by atoms with van der Waals surface area (Å²) >= 11 is 0. The predicted molar refractivity (Wildman–Crippen MR) is 97.8 cm³/mol. The number of hydrogen-bond donors (Lipinski definition) is 2. The van der Waals surface area contributed by atoms with Gasteiger partial charge in [0.1, 0.15) is 11.5 Å². The van der Waals surface area contributed by atoms with Crippen molar-refractivity contribution in [1.82, 2.24) is 10.2 Å². The van der Waals surface area contributed by atoms with Gasteiger partial charge in [-0.2, -0.15) is 0 Å². The lowest BCUT2D eigenvalue weighted by atomic mass is 9.84. The summed E-state index contributed by atoms with van der Waals surface area (Å²) in [5.41, 5.74) is 7.08. The molecule has 0 spiro atoms. The molecule has 0 radical (unpaired) electrons. The zero-order valence-electron chi connectivity index (χ0n) is 14.2. The molecule has 1 atom stereocenters. The number of carbonyl (C=O) groups excluding carboxylic acids is 1. The van der Waals surface area contributed by atoms with Crippen LogP contribution in [0.25, 0.3) is 0 Å². The number of anilines is 1. The highest BCUT2D eigenvalue weighted by Gasteiger charge is 2.34. The van der Waals surface area contributed by atoms with E-state index in [4.69, 9.17) is 10.5 Å². The Labute approximate surface area is 147 Å². The average Bonchev–Trinajstić information content (AvgIpc) is 2.63. The molecule has 5 heteroatoms. The second-order valence-corrected chi connectivity index (χ2v) is 6.92. The van der Waals surface area contributed by atoms with Crippen LogP contribution in [0, 0.1) is 5.92 Å². The van der Waals surface area contributed by atoms with Gasteiger partial charge in [-0.15, -0.1) is 0 Å². The Kier molecular flexibility index (Phi) is 4.32. The van der Waals surface area contributed by atoms with Crippen LogP contribution in [0.1, 0.15) is 23.2 Å². The van der Waals surface area contributed by atoms with Gasteiger partial charge in [0.05, 0.1) is 0 Å². The molecule has 2 bridgehead atoms. The molecule has 0 unspecified atom stereocenters. The largest absolute Gasteiger partial charge is 0.457 e. The fraction of sp³-hybridized carbons (Fsp3) is 0.350. The van der Waals surface area contributed by atoms with Gasteiger partial charge in [-0.3, -0.25) is 4.79 Å². The molecule has 3 aliphatic heterocycles. The molecule has 5 nitrogen and oxygen atoms in total. The van der Waals surface area contributed by atoms with Crippen LogP contribution in [0.15, 0.2) is 48.5 Å². The third kappa shape index (κ3) is 3.61. The summed E-state index contributed by atoms with van der Waals surface area (Å²) in [6, 6.07) is 14.8. The second-order valence-electron chi connectivity index (χ2n) is 6.92. The molecule has 3 aliphatic rings. The van der Waals surface area contributed by atoms with E-state index >= 15 is 0 Å². The number of nitrogens with one attached hydrogen (secondary N) is 1. The van der Waals surface area contributed by atoms with E-state index in [0.717, 1.165) is 6.54 Å². The topological polar surface area (TPSA) is 67.6 Å². The first-order valence-corrected chi connectivity index (χ1v) is 8.84. The van der Waals surface area contributed by atoms with Crippen LogP contribution in [-0.2, 0) is 0 Å². The number of amides is 1. The minimum Gasteiger partial charge on any atom is -0.457 e. The Morgan fingerprint density at radius 3 is 2.48 bits per heavy atom. The maximum atomic E-state index is 12.5. The fourth-order valence-corrected chi connectivity index (χ4v) is 3.77. The van der Waals surface area contributed by atoms with E-state index in [1.54, 1.807) is 18.2 Å². The van der Waals surface area contributed by atoms with Crippen molar-refractivity contribution < 1.29 is 9.53 Å². The zero-order valence-corrected chi connectivity index (χ0v) is 14.2. The first kappa shape index (κ1) is 16.0. The number of benzene rings is 2. The highest BCUT2D eigenvalue weighted by Crippen LogP contribution is 2.28. The smallest absolute Gasteiger partial charge is 0.251 e. The lowest BCUT2D eigenvalue weighted by molar-refractivity contribution is 0.0620. The Morgan fingerprint density at radius 2 is 1.84 bits per heavy atom. The molecule has 3 N–H and O–H groups in total. The summed E-state index contributed by atoms with van der Waals surface area (Å²) in [7, 11) is 0. The molecule has 5 rings (SSSR count). The Bertz CT molecular complexity index is 752. The first-order chi connectivity index (χ1) is 12.2. The molecule has 0 aliphatic carbocycles. The van der Waals surface area contributed by atoms with Gasteiger partial charge >= 0.3 is 0 Å². The van der Waals surface area contributed by atoms with Gasteiger partial charge in [0.25, 0.3) is 5.91 Å². The van der Waals surface area contributed by atoms with Crippen LogP contribution in [-0.4, -0.2) is 36.5 Å². The number of fused-ring (bicyclic) bond motifs is 3. The van der Waals surface area contributed by atoms with Crippen LogP contribution in [0.3, 0.4) is 0 Å². The van der Waals surface area contributed by atoms with Crippen LogP contribution >= 0.6 is 0 Å². The lowest BCUT2D eigenvalue weighted by Gasteiger charge is -2.44. The highest BCUT2D eigenvalue weighted by atomic mass is 16.5. The highest BCUT2D eigenvalue weighted by molar-refractivity contribution is 5.94. The second kappa shape index (κ2) is 6.76. The van der Waals surface area contributed by atoms with E-state index in [-0.39, 0.29) is 11.9 Å². The van der Waals surface area contributed by atoms with Gasteiger partial charge in [-0.1, -0.05) is 6.07 Å². The molecule has 1 amide bonds. The molecule has 2 aromatic carbocycles. The van der Waals surface area contributed by atoms with Crippen LogP contribution in [0.4, 0.5) is 5.69 Å². The number of nitrogens with two attached hydrogens (primary N) is 1. The van der Waals surface area contributed by atoms with Gasteiger partial charge in [0.15, 0.2) is 0 Å². The van der Waals surface area contributed by atoms with Crippen molar-refractivity contribution in [2.75, 3.05) is 25.4 Å². The summed E-state index contributed by atoms with van der Waals surface area (Å²) in [5, 5.41) is 3.21. The third-order valence-corrected chi connectivity index (χ3v) is 5.18. The minimum atomic E-state index is -0.00532. The normalized spacial score (nSPS) is 24.7. The van der Waals surface area contributed by atoms with E-state index in [2.05, 4.69) is 10.2 Å². The van der Waals surface area contributed by atoms with Gasteiger partial charge in [0, 0.05) is 29.9 Å². The molecular formula is C20H23N3O2. The molecular weight excluding hydrogens is 314 g/mol. The zero-order chi connectivity index (χ0) is 17.2. The van der Waals surface area contributed by atoms with E-state index < -0.39 is 0 Å². The molecule has 0 saturated carbocycles. The Morgan fingerprint density at radius 1 is 1.08 bits per heavy atom. The van der Waals surface area contributed by atoms with Crippen molar-refractivity contribution in [1.29, 1.82) is 0 Å². The number of nitrogens with zero attached hydrogens (tertiary/aromatic N) is 1. The molecule has 3 saturated heterocycles. The average molecular weight is 337 g/mol. The molecule has 2 aromatic rings. The number of carbonyl (C=O) groups is 1. The maximum Gasteiger partial charge on any atom is 0.251 e. The summed E-state index contributed by atoms with van der Waals surface area (Å²) in [5.74, 6) is 1.99. The van der Waals surface area contributed by atoms with E-state index in [1.165, 1.54) is 25.9 Å². The van der Waals surface area contributed by atoms with Gasteiger partial charge in [-0.25, -0.2) is 0 Å². The summed E-state index contributed by atoms with van der Waals surface area (Å²) in [6.45, 7) is 3.33. The van der Waals surface area contributed by atoms with Crippen molar-refractivity contribution in [2.45, 2.75) is 18.9 Å². The predicted octanol–water partition coefficient (Wildman–Crippen LogP) is 2.89. The summed E-state index contributed by atoms with van der Waals surface area (Å²) < 4.78 is 5.77. The summed E-state index contributed by atoms with van der Waals surface area (Å²) in [6.07, 6.45) is 2.38. The molecule has 3 heterocycles. The Balaban J connectivity index is 1.39. The van der Waals surface area contributed by atoms with Crippen molar-refractivity contribution in [2.24, 2.45) is 5.92 Å². The van der Waals surface area contributed by atoms with E-state index in [0.29, 0.717) is 28.7 Å². The maximum absolute atomic E-state index is 12.5. The van der Waals surface area contributed by atoms with E-state index in [1.807, 2.05) is 30.3 Å². The number of nitrogen functional groups attached to an aromatic ring is 1. The quantitative estimate of drug-likeness (QED) is 0.842. The van der Waals surface area contributed by atoms with Crippen molar-refractivity contribution >= 4 is 11.6 Å². The van der Waals surface area contributed by atoms with Gasteiger partial charge in [0.2, 0.25) is 0 Å². The van der Waals surface area contributed by atoms with Crippen LogP contribution < -0.4 is 15.8 Å². The van der Waals surface area contributed by atoms with Crippen LogP contribution in [0.5, 0.6) is 11.5 Å². The standard InChI is InChI=1S/C20H23N3O2/c21-16-2-1-3-18(12-16)25-17-6-4-15(5-7-17)20(24)22-19-13-23-10-8-14(19)9-11-23/h1-7,12,14,19H,8-11,13,21H2,(H,22,24)/t19-/m0/s1. The van der Waals surface area contributed by atoms with Crippen molar-refractivity contribution in [3.63, 3.8) is 0 Å². The monoisotopic (exact) mass is 337 g/mol. The number of hydrogen-bond acceptors (Lipinski definition) is 4. The van der Waals surface area contributed by atoms with Crippen molar-refractivity contribution in [3.8, 4) is 11.5 Å². The third-order valence-electron chi connectivity index (χ3n) is 5.18. The first-order valence-electron chi connectivity index (χ1n) is 8.84. The van der Waals surface area contributed by atoms with E-state index in [9.17, 15) is 4.79 Å². The number of ether oxygens (including phenoxy) is 1. The Hall–Kier alpha value is -2.53. The molecule has 25 heavy (non-hydrogen) atoms. The number of piperidine rings is 3. The lowest BCUT2D eigenvalue weighted by Crippen LogP contribution is -2.57. The summed E-state index contributed by atoms with van der Waals surface area (Å²) in [4.78, 5) is 15.0. The SMILES string of the molecule is Nc1cccc(Oc2ccc(C(=O)N[C@H]3CN4CCC3CC4)cc2)c1. The van der Waals surface area contributed by atoms with Crippen molar-refractivity contribution in [3.05, 3.63) is 54.1 Å².